The summed E-state index contributed by atoms with van der Waals surface area (Å²) in [6, 6.07) is 11.3. The zero-order valence-electron chi connectivity index (χ0n) is 16.6. The SMILES string of the molecule is CC(C)(C)c1ccc(S(=O)(=O)Nc2ncn(Cc3cccc(C(F)(F)F)c3)n2)cc1. The highest BCUT2D eigenvalue weighted by Gasteiger charge is 2.30. The zero-order chi connectivity index (χ0) is 22.2. The summed E-state index contributed by atoms with van der Waals surface area (Å²) >= 11 is 0. The number of hydrogen-bond donors (Lipinski definition) is 1. The molecule has 3 aromatic rings. The van der Waals surface area contributed by atoms with E-state index in [0.717, 1.165) is 17.7 Å². The minimum Gasteiger partial charge on any atom is -0.246 e. The fraction of sp³-hybridized carbons (Fsp3) is 0.300. The van der Waals surface area contributed by atoms with Crippen molar-refractivity contribution in [3.05, 3.63) is 71.5 Å². The summed E-state index contributed by atoms with van der Waals surface area (Å²) in [7, 11) is -3.90. The van der Waals surface area contributed by atoms with Gasteiger partial charge in [0.15, 0.2) is 0 Å². The van der Waals surface area contributed by atoms with Gasteiger partial charge in [-0.1, -0.05) is 45.0 Å². The maximum Gasteiger partial charge on any atom is 0.416 e. The fourth-order valence-corrected chi connectivity index (χ4v) is 3.71. The Hall–Kier alpha value is -2.88. The van der Waals surface area contributed by atoms with Gasteiger partial charge in [-0.25, -0.2) is 17.8 Å². The number of anilines is 1. The molecule has 2 aromatic carbocycles. The highest BCUT2D eigenvalue weighted by atomic mass is 32.2. The van der Waals surface area contributed by atoms with Crippen LogP contribution in [0.25, 0.3) is 0 Å². The number of halogens is 3. The third-order valence-electron chi connectivity index (χ3n) is 4.39. The summed E-state index contributed by atoms with van der Waals surface area (Å²) in [6.45, 7) is 6.08. The van der Waals surface area contributed by atoms with Crippen LogP contribution >= 0.6 is 0 Å². The normalized spacial score (nSPS) is 12.7. The van der Waals surface area contributed by atoms with Gasteiger partial charge in [-0.3, -0.25) is 0 Å². The molecule has 0 atom stereocenters. The van der Waals surface area contributed by atoms with Gasteiger partial charge in [-0.15, -0.1) is 5.10 Å². The molecule has 0 fully saturated rings. The summed E-state index contributed by atoms with van der Waals surface area (Å²) < 4.78 is 67.2. The Labute approximate surface area is 172 Å². The molecule has 0 aliphatic heterocycles. The lowest BCUT2D eigenvalue weighted by Gasteiger charge is -2.19. The second-order valence-corrected chi connectivity index (χ2v) is 9.53. The van der Waals surface area contributed by atoms with Crippen LogP contribution in [0.1, 0.15) is 37.5 Å². The molecule has 0 amide bonds. The predicted octanol–water partition coefficient (Wildman–Crippen LogP) is 4.44. The van der Waals surface area contributed by atoms with Crippen molar-refractivity contribution in [1.29, 1.82) is 0 Å². The molecular weight excluding hydrogens is 417 g/mol. The molecule has 10 heteroatoms. The molecule has 3 rings (SSSR count). The van der Waals surface area contributed by atoms with Gasteiger partial charge < -0.3 is 0 Å². The van der Waals surface area contributed by atoms with Crippen molar-refractivity contribution >= 4 is 16.0 Å². The van der Waals surface area contributed by atoms with Gasteiger partial charge in [0.05, 0.1) is 17.0 Å². The van der Waals surface area contributed by atoms with E-state index in [0.29, 0.717) is 5.56 Å². The molecular formula is C20H21F3N4O2S. The lowest BCUT2D eigenvalue weighted by molar-refractivity contribution is -0.137. The van der Waals surface area contributed by atoms with Crippen molar-refractivity contribution < 1.29 is 21.6 Å². The number of rotatable bonds is 5. The number of sulfonamides is 1. The van der Waals surface area contributed by atoms with E-state index in [9.17, 15) is 21.6 Å². The first-order valence-corrected chi connectivity index (χ1v) is 10.5. The Morgan fingerprint density at radius 3 is 2.27 bits per heavy atom. The van der Waals surface area contributed by atoms with E-state index in [-0.39, 0.29) is 22.8 Å². The number of alkyl halides is 3. The van der Waals surface area contributed by atoms with Crippen LogP contribution in [0.4, 0.5) is 19.1 Å². The summed E-state index contributed by atoms with van der Waals surface area (Å²) in [5.41, 5.74) is 0.478. The Morgan fingerprint density at radius 2 is 1.67 bits per heavy atom. The van der Waals surface area contributed by atoms with Crippen LogP contribution in [0.2, 0.25) is 0 Å². The van der Waals surface area contributed by atoms with Crippen LogP contribution in [0.3, 0.4) is 0 Å². The standard InChI is InChI=1S/C20H21F3N4O2S/c1-19(2,3)15-7-9-17(10-8-15)30(28,29)26-18-24-13-27(25-18)12-14-5-4-6-16(11-14)20(21,22)23/h4-11,13H,12H2,1-3H3,(H,25,26). The highest BCUT2D eigenvalue weighted by molar-refractivity contribution is 7.92. The van der Waals surface area contributed by atoms with E-state index in [1.807, 2.05) is 20.8 Å². The maximum absolute atomic E-state index is 12.8. The molecule has 0 spiro atoms. The lowest BCUT2D eigenvalue weighted by atomic mass is 9.87. The van der Waals surface area contributed by atoms with Crippen molar-refractivity contribution in [3.8, 4) is 0 Å². The minimum absolute atomic E-state index is 0.0128. The van der Waals surface area contributed by atoms with Crippen LogP contribution in [0, 0.1) is 0 Å². The van der Waals surface area contributed by atoms with E-state index in [1.54, 1.807) is 12.1 Å². The number of nitrogens with zero attached hydrogens (tertiary/aromatic N) is 3. The van der Waals surface area contributed by atoms with E-state index in [1.165, 1.54) is 35.3 Å². The van der Waals surface area contributed by atoms with Gasteiger partial charge in [0.2, 0.25) is 0 Å². The van der Waals surface area contributed by atoms with Crippen LogP contribution < -0.4 is 4.72 Å². The number of hydrogen-bond acceptors (Lipinski definition) is 4. The van der Waals surface area contributed by atoms with Crippen molar-refractivity contribution in [1.82, 2.24) is 14.8 Å². The number of aromatic nitrogens is 3. The van der Waals surface area contributed by atoms with Gasteiger partial charge in [-0.2, -0.15) is 18.2 Å². The molecule has 0 saturated carbocycles. The molecule has 0 bridgehead atoms. The summed E-state index contributed by atoms with van der Waals surface area (Å²) in [5.74, 6) is -0.165. The van der Waals surface area contributed by atoms with E-state index in [4.69, 9.17) is 0 Å². The number of benzene rings is 2. The molecule has 6 nitrogen and oxygen atoms in total. The fourth-order valence-electron chi connectivity index (χ4n) is 2.76. The Bertz CT molecular complexity index is 1130. The molecule has 0 radical (unpaired) electrons. The van der Waals surface area contributed by atoms with Crippen molar-refractivity contribution in [2.45, 2.75) is 43.8 Å². The van der Waals surface area contributed by atoms with Gasteiger partial charge in [-0.05, 0) is 40.8 Å². The minimum atomic E-state index is -4.44. The molecule has 0 unspecified atom stereocenters. The quantitative estimate of drug-likeness (QED) is 0.639. The Balaban J connectivity index is 1.73. The topological polar surface area (TPSA) is 76.9 Å². The molecule has 1 N–H and O–H groups in total. The monoisotopic (exact) mass is 438 g/mol. The summed E-state index contributed by atoms with van der Waals surface area (Å²) in [6.07, 6.45) is -3.19. The largest absolute Gasteiger partial charge is 0.416 e. The third kappa shape index (κ3) is 5.18. The van der Waals surface area contributed by atoms with Gasteiger partial charge in [0.25, 0.3) is 16.0 Å². The van der Waals surface area contributed by atoms with E-state index in [2.05, 4.69) is 14.8 Å². The van der Waals surface area contributed by atoms with E-state index >= 15 is 0 Å². The van der Waals surface area contributed by atoms with Gasteiger partial charge in [0.1, 0.15) is 6.33 Å². The smallest absolute Gasteiger partial charge is 0.246 e. The molecule has 0 aliphatic carbocycles. The second-order valence-electron chi connectivity index (χ2n) is 7.84. The average molecular weight is 438 g/mol. The highest BCUT2D eigenvalue weighted by Crippen LogP contribution is 2.29. The van der Waals surface area contributed by atoms with Crippen molar-refractivity contribution in [2.24, 2.45) is 0 Å². The van der Waals surface area contributed by atoms with Crippen LogP contribution in [-0.4, -0.2) is 23.2 Å². The van der Waals surface area contributed by atoms with Crippen LogP contribution in [-0.2, 0) is 28.2 Å². The lowest BCUT2D eigenvalue weighted by Crippen LogP contribution is -2.16. The van der Waals surface area contributed by atoms with Crippen molar-refractivity contribution in [3.63, 3.8) is 0 Å². The van der Waals surface area contributed by atoms with Gasteiger partial charge >= 0.3 is 6.18 Å². The molecule has 0 aliphatic rings. The summed E-state index contributed by atoms with van der Waals surface area (Å²) in [4.78, 5) is 3.95. The predicted molar refractivity (Wildman–Crippen MR) is 107 cm³/mol. The molecule has 1 aromatic heterocycles. The molecule has 0 saturated heterocycles. The van der Waals surface area contributed by atoms with Crippen molar-refractivity contribution in [2.75, 3.05) is 4.72 Å². The maximum atomic E-state index is 12.8. The first-order chi connectivity index (χ1) is 13.8. The summed E-state index contributed by atoms with van der Waals surface area (Å²) in [5, 5.41) is 4.00. The average Bonchev–Trinajstić information content (AvgIpc) is 3.06. The molecule has 1 heterocycles. The first kappa shape index (κ1) is 21.8. The number of nitrogens with one attached hydrogen (secondary N) is 1. The van der Waals surface area contributed by atoms with Crippen LogP contribution in [0.15, 0.2) is 59.8 Å². The third-order valence-corrected chi connectivity index (χ3v) is 5.74. The Kier molecular flexibility index (Phi) is 5.64. The van der Waals surface area contributed by atoms with E-state index < -0.39 is 21.8 Å². The zero-order valence-corrected chi connectivity index (χ0v) is 17.4. The molecule has 30 heavy (non-hydrogen) atoms. The first-order valence-electron chi connectivity index (χ1n) is 9.03. The second kappa shape index (κ2) is 7.75. The van der Waals surface area contributed by atoms with Crippen LogP contribution in [0.5, 0.6) is 0 Å². The van der Waals surface area contributed by atoms with Gasteiger partial charge in [0, 0.05) is 0 Å². The Morgan fingerprint density at radius 1 is 1.00 bits per heavy atom. The molecule has 160 valence electrons.